The molecule has 1 amide bonds. The zero-order valence-corrected chi connectivity index (χ0v) is 15.2. The van der Waals surface area contributed by atoms with Crippen LogP contribution in [0.2, 0.25) is 0 Å². The van der Waals surface area contributed by atoms with Gasteiger partial charge in [-0.15, -0.1) is 10.2 Å². The second kappa shape index (κ2) is 8.95. The molecule has 0 saturated carbocycles. The maximum atomic E-state index is 12.0. The van der Waals surface area contributed by atoms with Gasteiger partial charge in [0.25, 0.3) is 5.22 Å². The molecule has 0 unspecified atom stereocenters. The number of esters is 1. The van der Waals surface area contributed by atoms with E-state index < -0.39 is 5.97 Å². The topological polar surface area (TPSA) is 107 Å². The highest BCUT2D eigenvalue weighted by atomic mass is 32.2. The summed E-state index contributed by atoms with van der Waals surface area (Å²) in [6.07, 6.45) is 3.28. The number of methoxy groups -OCH3 is 1. The average molecular weight is 384 g/mol. The van der Waals surface area contributed by atoms with Crippen LogP contribution in [0.1, 0.15) is 15.9 Å². The maximum Gasteiger partial charge on any atom is 0.337 e. The Balaban J connectivity index is 1.46. The molecule has 0 spiro atoms. The lowest BCUT2D eigenvalue weighted by atomic mass is 10.1. The van der Waals surface area contributed by atoms with Crippen molar-refractivity contribution in [1.29, 1.82) is 0 Å². The van der Waals surface area contributed by atoms with E-state index in [2.05, 4.69) is 25.2 Å². The number of hydrogen-bond acceptors (Lipinski definition) is 8. The molecule has 8 nitrogen and oxygen atoms in total. The minimum atomic E-state index is -0.396. The molecular weight excluding hydrogens is 368 g/mol. The van der Waals surface area contributed by atoms with E-state index in [-0.39, 0.29) is 11.7 Å². The monoisotopic (exact) mass is 384 g/mol. The van der Waals surface area contributed by atoms with Crippen molar-refractivity contribution in [1.82, 2.24) is 20.5 Å². The van der Waals surface area contributed by atoms with Crippen LogP contribution in [-0.4, -0.2) is 39.9 Å². The first-order valence-corrected chi connectivity index (χ1v) is 8.95. The van der Waals surface area contributed by atoms with E-state index in [1.54, 1.807) is 42.7 Å². The van der Waals surface area contributed by atoms with Crippen molar-refractivity contribution < 1.29 is 18.7 Å². The zero-order valence-electron chi connectivity index (χ0n) is 14.4. The maximum absolute atomic E-state index is 12.0. The predicted octanol–water partition coefficient (Wildman–Crippen LogP) is 2.33. The fraction of sp³-hybridized carbons (Fsp3) is 0.167. The molecule has 1 aromatic carbocycles. The van der Waals surface area contributed by atoms with Crippen molar-refractivity contribution in [3.05, 3.63) is 59.9 Å². The SMILES string of the molecule is COC(=O)c1ccc(CNC(=O)CSc2nnc(-c3cccnc3)o2)cc1. The standard InChI is InChI=1S/C18H16N4O4S/c1-25-17(24)13-6-4-12(5-7-13)9-20-15(23)11-27-18-22-21-16(26-18)14-3-2-8-19-10-14/h2-8,10H,9,11H2,1H3,(H,20,23). The summed E-state index contributed by atoms with van der Waals surface area (Å²) in [6.45, 7) is 0.353. The van der Waals surface area contributed by atoms with Crippen molar-refractivity contribution in [2.75, 3.05) is 12.9 Å². The van der Waals surface area contributed by atoms with Crippen LogP contribution < -0.4 is 5.32 Å². The highest BCUT2D eigenvalue weighted by Gasteiger charge is 2.11. The third-order valence-corrected chi connectivity index (χ3v) is 4.32. The van der Waals surface area contributed by atoms with E-state index >= 15 is 0 Å². The van der Waals surface area contributed by atoms with Crippen molar-refractivity contribution in [3.63, 3.8) is 0 Å². The summed E-state index contributed by atoms with van der Waals surface area (Å²) >= 11 is 1.15. The Labute approximate surface area is 159 Å². The Kier molecular flexibility index (Phi) is 6.16. The van der Waals surface area contributed by atoms with Gasteiger partial charge in [-0.3, -0.25) is 9.78 Å². The van der Waals surface area contributed by atoms with Gasteiger partial charge in [-0.2, -0.15) is 0 Å². The Morgan fingerprint density at radius 3 is 2.70 bits per heavy atom. The number of nitrogens with one attached hydrogen (secondary N) is 1. The van der Waals surface area contributed by atoms with Gasteiger partial charge in [-0.1, -0.05) is 23.9 Å². The quantitative estimate of drug-likeness (QED) is 0.488. The van der Waals surface area contributed by atoms with Crippen LogP contribution in [0.4, 0.5) is 0 Å². The van der Waals surface area contributed by atoms with E-state index in [0.717, 1.165) is 22.9 Å². The molecule has 0 aliphatic carbocycles. The molecular formula is C18H16N4O4S. The first kappa shape index (κ1) is 18.6. The molecule has 2 heterocycles. The second-order valence-electron chi connectivity index (χ2n) is 5.37. The minimum Gasteiger partial charge on any atom is -0.465 e. The van der Waals surface area contributed by atoms with Crippen molar-refractivity contribution in [2.45, 2.75) is 11.8 Å². The second-order valence-corrected chi connectivity index (χ2v) is 6.30. The number of benzene rings is 1. The van der Waals surface area contributed by atoms with Crippen LogP contribution >= 0.6 is 11.8 Å². The van der Waals surface area contributed by atoms with Gasteiger partial charge in [0.2, 0.25) is 11.8 Å². The molecule has 0 radical (unpaired) electrons. The van der Waals surface area contributed by atoms with E-state index in [0.29, 0.717) is 23.2 Å². The lowest BCUT2D eigenvalue weighted by molar-refractivity contribution is -0.118. The van der Waals surface area contributed by atoms with Gasteiger partial charge in [-0.05, 0) is 29.8 Å². The third-order valence-electron chi connectivity index (χ3n) is 3.51. The van der Waals surface area contributed by atoms with Crippen LogP contribution in [0, 0.1) is 0 Å². The van der Waals surface area contributed by atoms with Gasteiger partial charge in [0, 0.05) is 18.9 Å². The van der Waals surface area contributed by atoms with E-state index in [9.17, 15) is 9.59 Å². The lowest BCUT2D eigenvalue weighted by Crippen LogP contribution is -2.24. The van der Waals surface area contributed by atoms with Crippen LogP contribution in [0.15, 0.2) is 58.4 Å². The summed E-state index contributed by atoms with van der Waals surface area (Å²) in [6, 6.07) is 10.4. The number of thioether (sulfide) groups is 1. The molecule has 9 heteroatoms. The van der Waals surface area contributed by atoms with Crippen molar-refractivity contribution >= 4 is 23.6 Å². The molecule has 0 bridgehead atoms. The Morgan fingerprint density at radius 2 is 2.00 bits per heavy atom. The van der Waals surface area contributed by atoms with Crippen LogP contribution in [0.5, 0.6) is 0 Å². The molecule has 0 atom stereocenters. The van der Waals surface area contributed by atoms with Crippen molar-refractivity contribution in [3.8, 4) is 11.5 Å². The first-order valence-electron chi connectivity index (χ1n) is 7.96. The van der Waals surface area contributed by atoms with Gasteiger partial charge in [0.05, 0.1) is 24.0 Å². The highest BCUT2D eigenvalue weighted by molar-refractivity contribution is 7.99. The molecule has 3 rings (SSSR count). The van der Waals surface area contributed by atoms with E-state index in [4.69, 9.17) is 4.42 Å². The minimum absolute atomic E-state index is 0.148. The molecule has 3 aromatic rings. The van der Waals surface area contributed by atoms with Gasteiger partial charge in [0.15, 0.2) is 0 Å². The number of amides is 1. The summed E-state index contributed by atoms with van der Waals surface area (Å²) in [5.74, 6) is -0.0587. The number of hydrogen-bond donors (Lipinski definition) is 1. The number of nitrogens with zero attached hydrogens (tertiary/aromatic N) is 3. The van der Waals surface area contributed by atoms with Crippen LogP contribution in [-0.2, 0) is 16.1 Å². The normalized spacial score (nSPS) is 10.4. The number of ether oxygens (including phenoxy) is 1. The molecule has 0 saturated heterocycles. The van der Waals surface area contributed by atoms with Crippen molar-refractivity contribution in [2.24, 2.45) is 0 Å². The lowest BCUT2D eigenvalue weighted by Gasteiger charge is -2.05. The molecule has 2 aromatic heterocycles. The smallest absolute Gasteiger partial charge is 0.337 e. The molecule has 138 valence electrons. The predicted molar refractivity (Wildman–Crippen MR) is 97.9 cm³/mol. The Morgan fingerprint density at radius 1 is 1.19 bits per heavy atom. The Bertz CT molecular complexity index is 913. The number of aromatic nitrogens is 3. The molecule has 0 aliphatic heterocycles. The van der Waals surface area contributed by atoms with Gasteiger partial charge in [-0.25, -0.2) is 4.79 Å². The fourth-order valence-electron chi connectivity index (χ4n) is 2.13. The van der Waals surface area contributed by atoms with Crippen LogP contribution in [0.3, 0.4) is 0 Å². The molecule has 1 N–H and O–H groups in total. The number of carbonyl (C=O) groups excluding carboxylic acids is 2. The van der Waals surface area contributed by atoms with E-state index in [1.165, 1.54) is 7.11 Å². The highest BCUT2D eigenvalue weighted by Crippen LogP contribution is 2.22. The first-order chi connectivity index (χ1) is 13.2. The van der Waals surface area contributed by atoms with Crippen LogP contribution in [0.25, 0.3) is 11.5 Å². The largest absolute Gasteiger partial charge is 0.465 e. The third kappa shape index (κ3) is 5.14. The number of rotatable bonds is 7. The fourth-order valence-corrected chi connectivity index (χ4v) is 2.72. The molecule has 0 aliphatic rings. The summed E-state index contributed by atoms with van der Waals surface area (Å²) in [7, 11) is 1.33. The summed E-state index contributed by atoms with van der Waals surface area (Å²) in [5, 5.41) is 11.0. The van der Waals surface area contributed by atoms with E-state index in [1.807, 2.05) is 6.07 Å². The molecule has 0 fully saturated rings. The van der Waals surface area contributed by atoms with Gasteiger partial charge in [0.1, 0.15) is 0 Å². The average Bonchev–Trinajstić information content (AvgIpc) is 3.20. The summed E-state index contributed by atoms with van der Waals surface area (Å²) in [4.78, 5) is 27.4. The summed E-state index contributed by atoms with van der Waals surface area (Å²) < 4.78 is 10.1. The zero-order chi connectivity index (χ0) is 19.1. The molecule has 27 heavy (non-hydrogen) atoms. The summed E-state index contributed by atoms with van der Waals surface area (Å²) in [5.41, 5.74) is 2.05. The number of pyridine rings is 1. The van der Waals surface area contributed by atoms with Gasteiger partial charge >= 0.3 is 5.97 Å². The Hall–Kier alpha value is -3.20. The number of carbonyl (C=O) groups is 2. The van der Waals surface area contributed by atoms with Gasteiger partial charge < -0.3 is 14.5 Å².